The highest BCUT2D eigenvalue weighted by molar-refractivity contribution is 5.95. The first-order chi connectivity index (χ1) is 8.65. The molecule has 0 bridgehead atoms. The highest BCUT2D eigenvalue weighted by Gasteiger charge is 2.07. The molecule has 0 aliphatic heterocycles. The highest BCUT2D eigenvalue weighted by atomic mass is 19.1. The van der Waals surface area contributed by atoms with Crippen molar-refractivity contribution < 1.29 is 9.18 Å². The Morgan fingerprint density at radius 1 is 1.44 bits per heavy atom. The van der Waals surface area contributed by atoms with Crippen molar-refractivity contribution in [2.24, 2.45) is 0 Å². The Labute approximate surface area is 103 Å². The Kier molecular flexibility index (Phi) is 3.57. The lowest BCUT2D eigenvalue weighted by Gasteiger charge is -2.05. The first-order valence-electron chi connectivity index (χ1n) is 5.47. The van der Waals surface area contributed by atoms with Gasteiger partial charge in [0.15, 0.2) is 0 Å². The van der Waals surface area contributed by atoms with E-state index in [1.54, 1.807) is 12.4 Å². The van der Waals surface area contributed by atoms with Gasteiger partial charge in [0.05, 0.1) is 0 Å². The maximum Gasteiger partial charge on any atom is 0.251 e. The van der Waals surface area contributed by atoms with Crippen LogP contribution in [0.25, 0.3) is 0 Å². The fourth-order valence-electron chi connectivity index (χ4n) is 1.57. The van der Waals surface area contributed by atoms with E-state index >= 15 is 0 Å². The number of nitrogens with one attached hydrogen (secondary N) is 2. The number of carbonyl (C=O) groups is 1. The van der Waals surface area contributed by atoms with Crippen LogP contribution >= 0.6 is 0 Å². The fourth-order valence-corrected chi connectivity index (χ4v) is 1.57. The molecule has 0 saturated heterocycles. The maximum absolute atomic E-state index is 13.1. The first-order valence-corrected chi connectivity index (χ1v) is 5.47. The van der Waals surface area contributed by atoms with Crippen molar-refractivity contribution in [1.82, 2.24) is 15.3 Å². The lowest BCUT2D eigenvalue weighted by atomic mass is 10.2. The third-order valence-electron chi connectivity index (χ3n) is 2.38. The van der Waals surface area contributed by atoms with Crippen LogP contribution in [-0.4, -0.2) is 22.4 Å². The number of amides is 1. The van der Waals surface area contributed by atoms with Crippen molar-refractivity contribution in [3.63, 3.8) is 0 Å². The number of rotatable bonds is 4. The minimum Gasteiger partial charge on any atom is -0.399 e. The van der Waals surface area contributed by atoms with E-state index in [0.29, 0.717) is 13.0 Å². The molecule has 0 spiro atoms. The molecule has 1 aromatic carbocycles. The van der Waals surface area contributed by atoms with Crippen LogP contribution < -0.4 is 11.1 Å². The number of benzene rings is 1. The van der Waals surface area contributed by atoms with Gasteiger partial charge in [-0.3, -0.25) is 4.79 Å². The molecule has 18 heavy (non-hydrogen) atoms. The quantitative estimate of drug-likeness (QED) is 0.708. The second kappa shape index (κ2) is 5.31. The SMILES string of the molecule is Nc1cc(F)cc(C(=O)NCCc2ncc[nH]2)c1. The minimum atomic E-state index is -0.522. The predicted molar refractivity (Wildman–Crippen MR) is 65.4 cm³/mol. The molecule has 5 nitrogen and oxygen atoms in total. The summed E-state index contributed by atoms with van der Waals surface area (Å²) in [5.41, 5.74) is 5.91. The van der Waals surface area contributed by atoms with Gasteiger partial charge in [0, 0.05) is 36.6 Å². The molecule has 1 heterocycles. The normalized spacial score (nSPS) is 10.3. The van der Waals surface area contributed by atoms with E-state index in [1.807, 2.05) is 0 Å². The monoisotopic (exact) mass is 248 g/mol. The smallest absolute Gasteiger partial charge is 0.251 e. The third kappa shape index (κ3) is 3.07. The van der Waals surface area contributed by atoms with Crippen molar-refractivity contribution in [3.05, 3.63) is 47.8 Å². The van der Waals surface area contributed by atoms with E-state index in [2.05, 4.69) is 15.3 Å². The van der Waals surface area contributed by atoms with Crippen LogP contribution in [0.4, 0.5) is 10.1 Å². The summed E-state index contributed by atoms with van der Waals surface area (Å²) < 4.78 is 13.1. The lowest BCUT2D eigenvalue weighted by molar-refractivity contribution is 0.0953. The van der Waals surface area contributed by atoms with Crippen LogP contribution in [0.3, 0.4) is 0 Å². The van der Waals surface area contributed by atoms with E-state index < -0.39 is 5.82 Å². The van der Waals surface area contributed by atoms with Gasteiger partial charge in [0.25, 0.3) is 5.91 Å². The predicted octanol–water partition coefficient (Wildman–Crippen LogP) is 1.10. The Morgan fingerprint density at radius 2 is 2.28 bits per heavy atom. The molecular weight excluding hydrogens is 235 g/mol. The van der Waals surface area contributed by atoms with Crippen molar-refractivity contribution in [2.75, 3.05) is 12.3 Å². The molecule has 0 aliphatic rings. The zero-order valence-electron chi connectivity index (χ0n) is 9.61. The number of aromatic nitrogens is 2. The average molecular weight is 248 g/mol. The number of hydrogen-bond acceptors (Lipinski definition) is 3. The van der Waals surface area contributed by atoms with E-state index in [4.69, 9.17) is 5.73 Å². The first kappa shape index (κ1) is 12.1. The molecule has 1 amide bonds. The summed E-state index contributed by atoms with van der Waals surface area (Å²) >= 11 is 0. The summed E-state index contributed by atoms with van der Waals surface area (Å²) in [6, 6.07) is 3.75. The molecule has 0 radical (unpaired) electrons. The number of halogens is 1. The summed E-state index contributed by atoms with van der Waals surface area (Å²) in [5.74, 6) is -0.0898. The zero-order chi connectivity index (χ0) is 13.0. The second-order valence-corrected chi connectivity index (χ2v) is 3.82. The van der Waals surface area contributed by atoms with Crippen LogP contribution in [0, 0.1) is 5.82 Å². The van der Waals surface area contributed by atoms with Gasteiger partial charge < -0.3 is 16.0 Å². The number of H-pyrrole nitrogens is 1. The maximum atomic E-state index is 13.1. The van der Waals surface area contributed by atoms with E-state index in [-0.39, 0.29) is 17.2 Å². The Morgan fingerprint density at radius 3 is 2.94 bits per heavy atom. The van der Waals surface area contributed by atoms with Crippen molar-refractivity contribution in [2.45, 2.75) is 6.42 Å². The van der Waals surface area contributed by atoms with Crippen LogP contribution in [0.5, 0.6) is 0 Å². The van der Waals surface area contributed by atoms with E-state index in [1.165, 1.54) is 12.1 Å². The number of nitrogens with zero attached hydrogens (tertiary/aromatic N) is 1. The van der Waals surface area contributed by atoms with Gasteiger partial charge >= 0.3 is 0 Å². The standard InChI is InChI=1S/C12H13FN4O/c13-9-5-8(6-10(14)7-9)12(18)17-2-1-11-15-3-4-16-11/h3-7H,1-2,14H2,(H,15,16)(H,17,18). The molecule has 0 fully saturated rings. The van der Waals surface area contributed by atoms with Gasteiger partial charge in [-0.25, -0.2) is 9.37 Å². The van der Waals surface area contributed by atoms with Crippen molar-refractivity contribution in [1.29, 1.82) is 0 Å². The summed E-state index contributed by atoms with van der Waals surface area (Å²) in [6.45, 7) is 0.419. The van der Waals surface area contributed by atoms with Crippen LogP contribution in [0.2, 0.25) is 0 Å². The fraction of sp³-hybridized carbons (Fsp3) is 0.167. The molecule has 2 aromatic rings. The molecular formula is C12H13FN4O. The molecule has 94 valence electrons. The summed E-state index contributed by atoms with van der Waals surface area (Å²) in [6.07, 6.45) is 3.94. The summed E-state index contributed by atoms with van der Waals surface area (Å²) in [5, 5.41) is 2.67. The molecule has 4 N–H and O–H groups in total. The number of nitrogen functional groups attached to an aromatic ring is 1. The molecule has 6 heteroatoms. The topological polar surface area (TPSA) is 83.8 Å². The third-order valence-corrected chi connectivity index (χ3v) is 2.38. The molecule has 0 atom stereocenters. The van der Waals surface area contributed by atoms with Crippen LogP contribution in [0.1, 0.15) is 16.2 Å². The van der Waals surface area contributed by atoms with Gasteiger partial charge in [-0.1, -0.05) is 0 Å². The van der Waals surface area contributed by atoms with Crippen molar-refractivity contribution >= 4 is 11.6 Å². The van der Waals surface area contributed by atoms with E-state index in [9.17, 15) is 9.18 Å². The number of nitrogens with two attached hydrogens (primary N) is 1. The number of aromatic amines is 1. The molecule has 1 aromatic heterocycles. The van der Waals surface area contributed by atoms with Gasteiger partial charge in [0.1, 0.15) is 11.6 Å². The lowest BCUT2D eigenvalue weighted by Crippen LogP contribution is -2.26. The van der Waals surface area contributed by atoms with Gasteiger partial charge in [-0.2, -0.15) is 0 Å². The average Bonchev–Trinajstić information content (AvgIpc) is 2.80. The molecule has 2 rings (SSSR count). The van der Waals surface area contributed by atoms with Gasteiger partial charge in [0.2, 0.25) is 0 Å². The van der Waals surface area contributed by atoms with Gasteiger partial charge in [-0.05, 0) is 18.2 Å². The molecule has 0 saturated carbocycles. The van der Waals surface area contributed by atoms with Gasteiger partial charge in [-0.15, -0.1) is 0 Å². The second-order valence-electron chi connectivity index (χ2n) is 3.82. The van der Waals surface area contributed by atoms with Crippen LogP contribution in [0.15, 0.2) is 30.6 Å². The zero-order valence-corrected chi connectivity index (χ0v) is 9.61. The Hall–Kier alpha value is -2.37. The number of imidazole rings is 1. The Balaban J connectivity index is 1.91. The number of hydrogen-bond donors (Lipinski definition) is 3. The summed E-state index contributed by atoms with van der Waals surface area (Å²) in [4.78, 5) is 18.7. The summed E-state index contributed by atoms with van der Waals surface area (Å²) in [7, 11) is 0. The van der Waals surface area contributed by atoms with Crippen molar-refractivity contribution in [3.8, 4) is 0 Å². The van der Waals surface area contributed by atoms with Crippen LogP contribution in [-0.2, 0) is 6.42 Å². The largest absolute Gasteiger partial charge is 0.399 e. The molecule has 0 unspecified atom stereocenters. The molecule has 0 aliphatic carbocycles. The Bertz CT molecular complexity index is 519. The number of carbonyl (C=O) groups excluding carboxylic acids is 1. The number of anilines is 1. The van der Waals surface area contributed by atoms with E-state index in [0.717, 1.165) is 11.9 Å². The highest BCUT2D eigenvalue weighted by Crippen LogP contribution is 2.10. The minimum absolute atomic E-state index is 0.215.